The fraction of sp³-hybridized carbons (Fsp3) is 0.300. The minimum Gasteiger partial charge on any atom is -0.398 e. The Kier molecular flexibility index (Phi) is 4.03. The third-order valence-corrected chi connectivity index (χ3v) is 5.12. The molecule has 3 aromatic rings. The van der Waals surface area contributed by atoms with Gasteiger partial charge in [0.05, 0.1) is 11.0 Å². The topological polar surface area (TPSA) is 73.3 Å². The van der Waals surface area contributed by atoms with Crippen LogP contribution in [-0.2, 0) is 24.3 Å². The summed E-state index contributed by atoms with van der Waals surface area (Å²) in [5, 5.41) is 0. The molecule has 26 heavy (non-hydrogen) atoms. The van der Waals surface area contributed by atoms with Gasteiger partial charge in [-0.3, -0.25) is 13.9 Å². The molecule has 1 aliphatic heterocycles. The number of hydrogen-bond donors (Lipinski definition) is 1. The number of imidazole rings is 1. The van der Waals surface area contributed by atoms with E-state index in [0.29, 0.717) is 13.1 Å². The number of nitrogen functional groups attached to an aromatic ring is 1. The second-order valence-corrected chi connectivity index (χ2v) is 6.60. The van der Waals surface area contributed by atoms with Crippen LogP contribution in [0.3, 0.4) is 0 Å². The van der Waals surface area contributed by atoms with Crippen LogP contribution in [0.4, 0.5) is 11.4 Å². The van der Waals surface area contributed by atoms with E-state index in [-0.39, 0.29) is 18.1 Å². The number of aryl methyl sites for hydroxylation is 1. The molecule has 1 aliphatic rings. The summed E-state index contributed by atoms with van der Waals surface area (Å²) >= 11 is 0. The van der Waals surface area contributed by atoms with Crippen LogP contribution in [0, 0.1) is 0 Å². The number of nitrogens with zero attached hydrogens (tertiary/aromatic N) is 3. The standard InChI is InChI=1S/C20H22N4O2/c1-2-22-17-9-3-4-10-18(17)24(20(22)26)13-19(25)23-12-6-7-14-15(21)8-5-11-16(14)23/h3-5,8-11H,2,6-7,12-13,21H2,1H3. The van der Waals surface area contributed by atoms with Crippen LogP contribution in [0.25, 0.3) is 11.0 Å². The van der Waals surface area contributed by atoms with Crippen molar-refractivity contribution < 1.29 is 4.79 Å². The second kappa shape index (κ2) is 6.37. The number of hydrogen-bond acceptors (Lipinski definition) is 3. The predicted octanol–water partition coefficient (Wildman–Crippen LogP) is 2.38. The highest BCUT2D eigenvalue weighted by Crippen LogP contribution is 2.31. The van der Waals surface area contributed by atoms with Crippen LogP contribution in [-0.4, -0.2) is 21.6 Å². The van der Waals surface area contributed by atoms with Gasteiger partial charge >= 0.3 is 5.69 Å². The summed E-state index contributed by atoms with van der Waals surface area (Å²) in [4.78, 5) is 27.6. The Hall–Kier alpha value is -3.02. The van der Waals surface area contributed by atoms with Gasteiger partial charge in [0, 0.05) is 24.5 Å². The minimum absolute atomic E-state index is 0.0284. The Morgan fingerprint density at radius 1 is 1.08 bits per heavy atom. The quantitative estimate of drug-likeness (QED) is 0.737. The highest BCUT2D eigenvalue weighted by atomic mass is 16.2. The number of carbonyl (C=O) groups excluding carboxylic acids is 1. The molecular formula is C20H22N4O2. The molecule has 0 unspecified atom stereocenters. The zero-order chi connectivity index (χ0) is 18.3. The average Bonchev–Trinajstić information content (AvgIpc) is 2.93. The number of para-hydroxylation sites is 2. The van der Waals surface area contributed by atoms with Crippen molar-refractivity contribution in [1.29, 1.82) is 0 Å². The number of rotatable bonds is 3. The monoisotopic (exact) mass is 350 g/mol. The lowest BCUT2D eigenvalue weighted by molar-refractivity contribution is -0.119. The molecule has 0 spiro atoms. The summed E-state index contributed by atoms with van der Waals surface area (Å²) in [6.07, 6.45) is 1.75. The van der Waals surface area contributed by atoms with Gasteiger partial charge in [0.2, 0.25) is 5.91 Å². The predicted molar refractivity (Wildman–Crippen MR) is 103 cm³/mol. The van der Waals surface area contributed by atoms with Crippen molar-refractivity contribution in [3.63, 3.8) is 0 Å². The van der Waals surface area contributed by atoms with E-state index in [0.717, 1.165) is 40.8 Å². The van der Waals surface area contributed by atoms with Crippen molar-refractivity contribution in [2.24, 2.45) is 0 Å². The van der Waals surface area contributed by atoms with Crippen LogP contribution >= 0.6 is 0 Å². The average molecular weight is 350 g/mol. The molecule has 0 aliphatic carbocycles. The van der Waals surface area contributed by atoms with E-state index < -0.39 is 0 Å². The SMILES string of the molecule is CCn1c(=O)n(CC(=O)N2CCCc3c(N)cccc32)c2ccccc21. The third-order valence-electron chi connectivity index (χ3n) is 5.12. The van der Waals surface area contributed by atoms with Gasteiger partial charge in [-0.25, -0.2) is 4.79 Å². The largest absolute Gasteiger partial charge is 0.398 e. The molecule has 2 heterocycles. The van der Waals surface area contributed by atoms with Crippen molar-refractivity contribution in [3.05, 3.63) is 58.5 Å². The molecule has 134 valence electrons. The first-order valence-electron chi connectivity index (χ1n) is 8.97. The first kappa shape index (κ1) is 16.4. The van der Waals surface area contributed by atoms with Crippen molar-refractivity contribution in [3.8, 4) is 0 Å². The van der Waals surface area contributed by atoms with Crippen LogP contribution in [0.1, 0.15) is 18.9 Å². The van der Waals surface area contributed by atoms with E-state index in [1.165, 1.54) is 0 Å². The van der Waals surface area contributed by atoms with Crippen molar-refractivity contribution in [1.82, 2.24) is 9.13 Å². The molecule has 1 aromatic heterocycles. The molecule has 2 N–H and O–H groups in total. The van der Waals surface area contributed by atoms with Gasteiger partial charge in [-0.15, -0.1) is 0 Å². The van der Waals surface area contributed by atoms with Gasteiger partial charge in [0.1, 0.15) is 6.54 Å². The number of amides is 1. The number of benzene rings is 2. The fourth-order valence-corrected chi connectivity index (χ4v) is 3.86. The lowest BCUT2D eigenvalue weighted by atomic mass is 10.00. The smallest absolute Gasteiger partial charge is 0.329 e. The van der Waals surface area contributed by atoms with E-state index in [4.69, 9.17) is 5.73 Å². The first-order chi connectivity index (χ1) is 12.6. The van der Waals surface area contributed by atoms with E-state index in [1.807, 2.05) is 49.4 Å². The highest BCUT2D eigenvalue weighted by Gasteiger charge is 2.25. The highest BCUT2D eigenvalue weighted by molar-refractivity contribution is 5.96. The Morgan fingerprint density at radius 2 is 1.81 bits per heavy atom. The van der Waals surface area contributed by atoms with E-state index in [2.05, 4.69) is 0 Å². The summed E-state index contributed by atoms with van der Waals surface area (Å²) in [6.45, 7) is 3.18. The van der Waals surface area contributed by atoms with E-state index in [9.17, 15) is 9.59 Å². The third kappa shape index (κ3) is 2.49. The molecule has 6 heteroatoms. The number of nitrogens with two attached hydrogens (primary N) is 1. The zero-order valence-corrected chi connectivity index (χ0v) is 14.8. The Bertz CT molecular complexity index is 1050. The normalized spacial score (nSPS) is 13.8. The summed E-state index contributed by atoms with van der Waals surface area (Å²) in [5.41, 5.74) is 10.2. The summed E-state index contributed by atoms with van der Waals surface area (Å²) < 4.78 is 3.27. The molecule has 0 saturated carbocycles. The molecule has 6 nitrogen and oxygen atoms in total. The molecule has 4 rings (SSSR count). The van der Waals surface area contributed by atoms with Crippen LogP contribution in [0.2, 0.25) is 0 Å². The maximum absolute atomic E-state index is 13.1. The second-order valence-electron chi connectivity index (χ2n) is 6.60. The number of anilines is 2. The van der Waals surface area contributed by atoms with Gasteiger partial charge < -0.3 is 10.6 Å². The number of fused-ring (bicyclic) bond motifs is 2. The van der Waals surface area contributed by atoms with Crippen LogP contribution in [0.5, 0.6) is 0 Å². The molecule has 0 bridgehead atoms. The van der Waals surface area contributed by atoms with E-state index >= 15 is 0 Å². The maximum Gasteiger partial charge on any atom is 0.329 e. The summed E-state index contributed by atoms with van der Waals surface area (Å²) in [7, 11) is 0. The van der Waals surface area contributed by atoms with E-state index in [1.54, 1.807) is 14.0 Å². The number of carbonyl (C=O) groups is 1. The van der Waals surface area contributed by atoms with Crippen LogP contribution < -0.4 is 16.3 Å². The summed E-state index contributed by atoms with van der Waals surface area (Å²) in [6, 6.07) is 13.3. The molecule has 0 radical (unpaired) electrons. The van der Waals surface area contributed by atoms with Crippen molar-refractivity contribution in [2.45, 2.75) is 32.9 Å². The van der Waals surface area contributed by atoms with Gasteiger partial charge in [-0.05, 0) is 49.6 Å². The number of aromatic nitrogens is 2. The van der Waals surface area contributed by atoms with Crippen LogP contribution in [0.15, 0.2) is 47.3 Å². The van der Waals surface area contributed by atoms with Gasteiger partial charge in [0.25, 0.3) is 0 Å². The molecule has 0 fully saturated rings. The minimum atomic E-state index is -0.146. The zero-order valence-electron chi connectivity index (χ0n) is 14.8. The first-order valence-corrected chi connectivity index (χ1v) is 8.97. The van der Waals surface area contributed by atoms with Gasteiger partial charge in [-0.1, -0.05) is 18.2 Å². The van der Waals surface area contributed by atoms with Crippen molar-refractivity contribution >= 4 is 28.3 Å². The molecular weight excluding hydrogens is 328 g/mol. The lowest BCUT2D eigenvalue weighted by Gasteiger charge is -2.30. The molecule has 0 saturated heterocycles. The molecule has 2 aromatic carbocycles. The van der Waals surface area contributed by atoms with Gasteiger partial charge in [-0.2, -0.15) is 0 Å². The summed E-state index contributed by atoms with van der Waals surface area (Å²) in [5.74, 6) is -0.0855. The fourth-order valence-electron chi connectivity index (χ4n) is 3.86. The lowest BCUT2D eigenvalue weighted by Crippen LogP contribution is -2.40. The van der Waals surface area contributed by atoms with Crippen molar-refractivity contribution in [2.75, 3.05) is 17.2 Å². The molecule has 1 amide bonds. The Balaban J connectivity index is 1.73. The molecule has 0 atom stereocenters. The Morgan fingerprint density at radius 3 is 2.54 bits per heavy atom. The maximum atomic E-state index is 13.1. The Labute approximate surface area is 151 Å². The van der Waals surface area contributed by atoms with Gasteiger partial charge in [0.15, 0.2) is 0 Å².